The van der Waals surface area contributed by atoms with Gasteiger partial charge < -0.3 is 9.64 Å². The molecular weight excluding hydrogens is 319 g/mol. The molecule has 1 unspecified atom stereocenters. The number of piperidine rings is 1. The Balaban J connectivity index is 1.81. The molecule has 1 atom stereocenters. The number of methoxy groups -OCH3 is 1. The Hall–Kier alpha value is -1.18. The van der Waals surface area contributed by atoms with Gasteiger partial charge in [0.2, 0.25) is 10.0 Å². The summed E-state index contributed by atoms with van der Waals surface area (Å²) in [5, 5.41) is 0. The van der Waals surface area contributed by atoms with Crippen LogP contribution in [0.25, 0.3) is 0 Å². The molecule has 2 fully saturated rings. The summed E-state index contributed by atoms with van der Waals surface area (Å²) >= 11 is 0. The molecule has 5 nitrogen and oxygen atoms in total. The summed E-state index contributed by atoms with van der Waals surface area (Å²) < 4.78 is 44.8. The van der Waals surface area contributed by atoms with Crippen LogP contribution in [0.1, 0.15) is 19.8 Å². The molecular formula is C16H23FN2O3S. The zero-order valence-corrected chi connectivity index (χ0v) is 14.4. The fourth-order valence-electron chi connectivity index (χ4n) is 3.81. The first-order valence-corrected chi connectivity index (χ1v) is 9.58. The highest BCUT2D eigenvalue weighted by Crippen LogP contribution is 2.45. The second-order valence-electron chi connectivity index (χ2n) is 6.22. The molecule has 128 valence electrons. The molecule has 1 spiro atoms. The average molecular weight is 342 g/mol. The SMILES string of the molecule is CCS(=O)(=O)N1CCC2(CC1)C(OC)CN2c1cccc(F)c1. The first-order chi connectivity index (χ1) is 10.9. The van der Waals surface area contributed by atoms with E-state index in [4.69, 9.17) is 4.74 Å². The first kappa shape index (κ1) is 16.7. The van der Waals surface area contributed by atoms with Gasteiger partial charge in [0, 0.05) is 32.4 Å². The van der Waals surface area contributed by atoms with Crippen molar-refractivity contribution >= 4 is 15.7 Å². The fourth-order valence-corrected chi connectivity index (χ4v) is 4.91. The summed E-state index contributed by atoms with van der Waals surface area (Å²) in [5.74, 6) is -0.133. The van der Waals surface area contributed by atoms with E-state index in [0.717, 1.165) is 5.69 Å². The lowest BCUT2D eigenvalue weighted by atomic mass is 9.73. The molecule has 0 amide bonds. The number of nitrogens with zero attached hydrogens (tertiary/aromatic N) is 2. The topological polar surface area (TPSA) is 49.9 Å². The highest BCUT2D eigenvalue weighted by Gasteiger charge is 2.55. The number of benzene rings is 1. The van der Waals surface area contributed by atoms with E-state index in [9.17, 15) is 12.8 Å². The van der Waals surface area contributed by atoms with Crippen LogP contribution in [-0.2, 0) is 14.8 Å². The van der Waals surface area contributed by atoms with Crippen molar-refractivity contribution in [2.75, 3.05) is 37.4 Å². The Morgan fingerprint density at radius 3 is 2.61 bits per heavy atom. The van der Waals surface area contributed by atoms with Gasteiger partial charge in [-0.1, -0.05) is 6.07 Å². The predicted octanol–water partition coefficient (Wildman–Crippen LogP) is 1.84. The smallest absolute Gasteiger partial charge is 0.213 e. The molecule has 0 radical (unpaired) electrons. The van der Waals surface area contributed by atoms with Gasteiger partial charge in [-0.25, -0.2) is 17.1 Å². The van der Waals surface area contributed by atoms with Crippen LogP contribution in [0.5, 0.6) is 0 Å². The predicted molar refractivity (Wildman–Crippen MR) is 87.5 cm³/mol. The molecule has 1 aromatic rings. The third-order valence-electron chi connectivity index (χ3n) is 5.24. The third kappa shape index (κ3) is 2.75. The lowest BCUT2D eigenvalue weighted by Gasteiger charge is -2.61. The summed E-state index contributed by atoms with van der Waals surface area (Å²) in [7, 11) is -1.47. The van der Waals surface area contributed by atoms with Crippen molar-refractivity contribution in [3.63, 3.8) is 0 Å². The zero-order valence-electron chi connectivity index (χ0n) is 13.5. The van der Waals surface area contributed by atoms with Crippen LogP contribution in [0.2, 0.25) is 0 Å². The van der Waals surface area contributed by atoms with Gasteiger partial charge in [0.25, 0.3) is 0 Å². The highest BCUT2D eigenvalue weighted by molar-refractivity contribution is 7.89. The van der Waals surface area contributed by atoms with Crippen molar-refractivity contribution in [2.45, 2.75) is 31.4 Å². The molecule has 1 aromatic carbocycles. The van der Waals surface area contributed by atoms with E-state index in [1.165, 1.54) is 12.1 Å². The van der Waals surface area contributed by atoms with Crippen molar-refractivity contribution < 1.29 is 17.5 Å². The molecule has 2 heterocycles. The summed E-state index contributed by atoms with van der Waals surface area (Å²) in [6.45, 7) is 3.35. The number of hydrogen-bond donors (Lipinski definition) is 0. The number of sulfonamides is 1. The Bertz CT molecular complexity index is 672. The largest absolute Gasteiger partial charge is 0.377 e. The van der Waals surface area contributed by atoms with E-state index in [0.29, 0.717) is 32.5 Å². The number of anilines is 1. The molecule has 7 heteroatoms. The summed E-state index contributed by atoms with van der Waals surface area (Å²) in [6.07, 6.45) is 1.44. The van der Waals surface area contributed by atoms with Crippen molar-refractivity contribution in [3.8, 4) is 0 Å². The lowest BCUT2D eigenvalue weighted by Crippen LogP contribution is -2.74. The van der Waals surface area contributed by atoms with Gasteiger partial charge in [-0.2, -0.15) is 0 Å². The minimum atomic E-state index is -3.15. The van der Waals surface area contributed by atoms with Gasteiger partial charge in [0.15, 0.2) is 0 Å². The zero-order chi connectivity index (χ0) is 16.7. The molecule has 2 aliphatic heterocycles. The number of hydrogen-bond acceptors (Lipinski definition) is 4. The van der Waals surface area contributed by atoms with Gasteiger partial charge in [0.05, 0.1) is 17.4 Å². The van der Waals surface area contributed by atoms with Crippen molar-refractivity contribution in [1.29, 1.82) is 0 Å². The Morgan fingerprint density at radius 1 is 1.35 bits per heavy atom. The molecule has 0 bridgehead atoms. The van der Waals surface area contributed by atoms with Crippen LogP contribution in [0.15, 0.2) is 24.3 Å². The summed E-state index contributed by atoms with van der Waals surface area (Å²) in [6, 6.07) is 6.56. The summed E-state index contributed by atoms with van der Waals surface area (Å²) in [4.78, 5) is 2.17. The average Bonchev–Trinajstić information content (AvgIpc) is 2.54. The maximum absolute atomic E-state index is 13.5. The summed E-state index contributed by atoms with van der Waals surface area (Å²) in [5.41, 5.74) is 0.604. The maximum Gasteiger partial charge on any atom is 0.213 e. The van der Waals surface area contributed by atoms with Crippen LogP contribution in [0.3, 0.4) is 0 Å². The molecule has 0 aliphatic carbocycles. The van der Waals surface area contributed by atoms with Crippen molar-refractivity contribution in [3.05, 3.63) is 30.1 Å². The van der Waals surface area contributed by atoms with E-state index < -0.39 is 10.0 Å². The van der Waals surface area contributed by atoms with E-state index >= 15 is 0 Å². The molecule has 0 aromatic heterocycles. The van der Waals surface area contributed by atoms with E-state index in [2.05, 4.69) is 4.90 Å². The quantitative estimate of drug-likeness (QED) is 0.838. The van der Waals surface area contributed by atoms with Crippen LogP contribution in [0, 0.1) is 5.82 Å². The molecule has 2 saturated heterocycles. The Morgan fingerprint density at radius 2 is 2.04 bits per heavy atom. The number of halogens is 1. The second kappa shape index (κ2) is 6.03. The number of ether oxygens (including phenoxy) is 1. The van der Waals surface area contributed by atoms with Crippen LogP contribution in [-0.4, -0.2) is 56.9 Å². The maximum atomic E-state index is 13.5. The van der Waals surface area contributed by atoms with Crippen molar-refractivity contribution in [2.24, 2.45) is 0 Å². The van der Waals surface area contributed by atoms with E-state index in [-0.39, 0.29) is 23.2 Å². The third-order valence-corrected chi connectivity index (χ3v) is 7.12. The standard InChI is InChI=1S/C16H23FN2O3S/c1-3-23(20,21)18-9-7-16(8-10-18)15(22-2)12-19(16)14-6-4-5-13(17)11-14/h4-6,11,15H,3,7-10,12H2,1-2H3. The van der Waals surface area contributed by atoms with Gasteiger partial charge in [-0.15, -0.1) is 0 Å². The van der Waals surface area contributed by atoms with Gasteiger partial charge in [0.1, 0.15) is 5.82 Å². The van der Waals surface area contributed by atoms with Crippen LogP contribution < -0.4 is 4.90 Å². The Kier molecular flexibility index (Phi) is 4.37. The minimum Gasteiger partial charge on any atom is -0.377 e. The second-order valence-corrected chi connectivity index (χ2v) is 8.48. The lowest BCUT2D eigenvalue weighted by molar-refractivity contribution is -0.0383. The van der Waals surface area contributed by atoms with Crippen molar-refractivity contribution in [1.82, 2.24) is 4.31 Å². The highest BCUT2D eigenvalue weighted by atomic mass is 32.2. The minimum absolute atomic E-state index is 0.0530. The van der Waals surface area contributed by atoms with Gasteiger partial charge in [-0.3, -0.25) is 0 Å². The van der Waals surface area contributed by atoms with Crippen LogP contribution >= 0.6 is 0 Å². The normalized spacial score (nSPS) is 24.7. The molecule has 0 saturated carbocycles. The van der Waals surface area contributed by atoms with E-state index in [1.807, 2.05) is 6.07 Å². The monoisotopic (exact) mass is 342 g/mol. The van der Waals surface area contributed by atoms with E-state index in [1.54, 1.807) is 24.4 Å². The molecule has 3 rings (SSSR count). The molecule has 2 aliphatic rings. The van der Waals surface area contributed by atoms with Gasteiger partial charge in [-0.05, 0) is 38.0 Å². The molecule has 0 N–H and O–H groups in total. The van der Waals surface area contributed by atoms with Crippen LogP contribution in [0.4, 0.5) is 10.1 Å². The Labute approximate surface area is 137 Å². The number of rotatable bonds is 4. The van der Waals surface area contributed by atoms with Gasteiger partial charge >= 0.3 is 0 Å². The molecule has 23 heavy (non-hydrogen) atoms. The fraction of sp³-hybridized carbons (Fsp3) is 0.625. The first-order valence-electron chi connectivity index (χ1n) is 7.97.